The first-order chi connectivity index (χ1) is 7.63. The van der Waals surface area contributed by atoms with E-state index in [1.165, 1.54) is 0 Å². The number of fused-ring (bicyclic) bond motifs is 1. The molecule has 1 aliphatic heterocycles. The van der Waals surface area contributed by atoms with E-state index in [-0.39, 0.29) is 11.9 Å². The van der Waals surface area contributed by atoms with Crippen LogP contribution in [0.1, 0.15) is 24.5 Å². The Bertz CT molecular complexity index is 406. The summed E-state index contributed by atoms with van der Waals surface area (Å²) in [6.45, 7) is 2.60. The van der Waals surface area contributed by atoms with Gasteiger partial charge >= 0.3 is 0 Å². The fourth-order valence-corrected chi connectivity index (χ4v) is 2.32. The van der Waals surface area contributed by atoms with Gasteiger partial charge in [0.2, 0.25) is 0 Å². The van der Waals surface area contributed by atoms with Crippen LogP contribution in [0.2, 0.25) is 5.02 Å². The van der Waals surface area contributed by atoms with E-state index in [0.717, 1.165) is 36.1 Å². The molecule has 0 spiro atoms. The average Bonchev–Trinajstić information content (AvgIpc) is 2.62. The van der Waals surface area contributed by atoms with Crippen LogP contribution in [0.25, 0.3) is 0 Å². The third-order valence-electron chi connectivity index (χ3n) is 2.85. The highest BCUT2D eigenvalue weighted by Gasteiger charge is 2.25. The molecule has 0 aromatic heterocycles. The summed E-state index contributed by atoms with van der Waals surface area (Å²) >= 11 is 6.13. The maximum Gasteiger partial charge on any atom is 0.137 e. The number of halogens is 1. The summed E-state index contributed by atoms with van der Waals surface area (Å²) in [6, 6.07) is 1.88. The predicted molar refractivity (Wildman–Crippen MR) is 64.3 cm³/mol. The molecule has 1 heterocycles. The largest absolute Gasteiger partial charge is 0.506 e. The molecule has 0 saturated heterocycles. The van der Waals surface area contributed by atoms with Crippen molar-refractivity contribution >= 4 is 11.6 Å². The topological polar surface area (TPSA) is 55.5 Å². The Morgan fingerprint density at radius 2 is 2.38 bits per heavy atom. The molecular weight excluding hydrogens is 226 g/mol. The Morgan fingerprint density at radius 3 is 3.06 bits per heavy atom. The summed E-state index contributed by atoms with van der Waals surface area (Å²) < 4.78 is 5.64. The number of nitrogens with two attached hydrogens (primary N) is 1. The lowest BCUT2D eigenvalue weighted by Crippen LogP contribution is -2.05. The van der Waals surface area contributed by atoms with Crippen molar-refractivity contribution in [2.24, 2.45) is 5.73 Å². The SMILES string of the molecule is CC1Cc2c(cc(CCCN)c(O)c2Cl)O1. The molecule has 4 heteroatoms. The van der Waals surface area contributed by atoms with Crippen LogP contribution in [0.4, 0.5) is 0 Å². The number of phenolic OH excluding ortho intramolecular Hbond substituents is 1. The molecule has 0 bridgehead atoms. The van der Waals surface area contributed by atoms with Crippen molar-refractivity contribution in [2.75, 3.05) is 6.54 Å². The van der Waals surface area contributed by atoms with E-state index in [0.29, 0.717) is 11.6 Å². The fraction of sp³-hybridized carbons (Fsp3) is 0.500. The number of hydrogen-bond donors (Lipinski definition) is 2. The van der Waals surface area contributed by atoms with Gasteiger partial charge in [0.25, 0.3) is 0 Å². The van der Waals surface area contributed by atoms with Gasteiger partial charge in [0.15, 0.2) is 0 Å². The number of benzene rings is 1. The fourth-order valence-electron chi connectivity index (χ4n) is 2.03. The van der Waals surface area contributed by atoms with Crippen LogP contribution in [0, 0.1) is 0 Å². The lowest BCUT2D eigenvalue weighted by molar-refractivity contribution is 0.254. The first-order valence-corrected chi connectivity index (χ1v) is 5.91. The van der Waals surface area contributed by atoms with Gasteiger partial charge in [-0.05, 0) is 37.9 Å². The van der Waals surface area contributed by atoms with Gasteiger partial charge in [0.05, 0.1) is 5.02 Å². The first-order valence-electron chi connectivity index (χ1n) is 5.53. The summed E-state index contributed by atoms with van der Waals surface area (Å²) in [5, 5.41) is 10.4. The molecule has 1 unspecified atom stereocenters. The van der Waals surface area contributed by atoms with Crippen LogP contribution in [0.15, 0.2) is 6.07 Å². The number of phenols is 1. The number of hydrogen-bond acceptors (Lipinski definition) is 3. The third-order valence-corrected chi connectivity index (χ3v) is 3.26. The van der Waals surface area contributed by atoms with Crippen molar-refractivity contribution in [2.45, 2.75) is 32.3 Å². The molecule has 1 aliphatic rings. The molecular formula is C12H16ClNO2. The van der Waals surface area contributed by atoms with E-state index in [1.54, 1.807) is 0 Å². The molecule has 1 aromatic carbocycles. The van der Waals surface area contributed by atoms with Gasteiger partial charge in [-0.3, -0.25) is 0 Å². The lowest BCUT2D eigenvalue weighted by atomic mass is 10.0. The van der Waals surface area contributed by atoms with Gasteiger partial charge in [0, 0.05) is 12.0 Å². The Balaban J connectivity index is 2.36. The van der Waals surface area contributed by atoms with Crippen LogP contribution >= 0.6 is 11.6 Å². The number of ether oxygens (including phenoxy) is 1. The van der Waals surface area contributed by atoms with Crippen molar-refractivity contribution in [1.29, 1.82) is 0 Å². The zero-order chi connectivity index (χ0) is 11.7. The third kappa shape index (κ3) is 1.97. The molecule has 2 rings (SSSR count). The predicted octanol–water partition coefficient (Wildman–Crippen LogP) is 2.26. The van der Waals surface area contributed by atoms with Crippen molar-refractivity contribution < 1.29 is 9.84 Å². The van der Waals surface area contributed by atoms with E-state index >= 15 is 0 Å². The molecule has 0 aliphatic carbocycles. The van der Waals surface area contributed by atoms with Crippen LogP contribution in [0.3, 0.4) is 0 Å². The van der Waals surface area contributed by atoms with Gasteiger partial charge in [-0.15, -0.1) is 0 Å². The molecule has 0 fully saturated rings. The molecule has 0 saturated carbocycles. The second kappa shape index (κ2) is 4.52. The van der Waals surface area contributed by atoms with E-state index in [4.69, 9.17) is 22.1 Å². The van der Waals surface area contributed by atoms with Crippen LogP contribution in [-0.4, -0.2) is 17.8 Å². The van der Waals surface area contributed by atoms with Crippen molar-refractivity contribution in [3.05, 3.63) is 22.2 Å². The minimum Gasteiger partial charge on any atom is -0.506 e. The normalized spacial score (nSPS) is 18.3. The van der Waals surface area contributed by atoms with Gasteiger partial charge in [-0.25, -0.2) is 0 Å². The van der Waals surface area contributed by atoms with Crippen LogP contribution in [-0.2, 0) is 12.8 Å². The minimum absolute atomic E-state index is 0.136. The molecule has 1 aromatic rings. The quantitative estimate of drug-likeness (QED) is 0.854. The highest BCUT2D eigenvalue weighted by Crippen LogP contribution is 2.42. The van der Waals surface area contributed by atoms with E-state index in [9.17, 15) is 5.11 Å². The van der Waals surface area contributed by atoms with E-state index in [1.807, 2.05) is 13.0 Å². The average molecular weight is 242 g/mol. The van der Waals surface area contributed by atoms with Gasteiger partial charge in [0.1, 0.15) is 17.6 Å². The number of aromatic hydroxyl groups is 1. The second-order valence-electron chi connectivity index (χ2n) is 4.20. The first kappa shape index (κ1) is 11.6. The molecule has 3 nitrogen and oxygen atoms in total. The van der Waals surface area contributed by atoms with Gasteiger partial charge < -0.3 is 15.6 Å². The molecule has 3 N–H and O–H groups in total. The maximum absolute atomic E-state index is 9.95. The van der Waals surface area contributed by atoms with E-state index in [2.05, 4.69) is 0 Å². The summed E-state index contributed by atoms with van der Waals surface area (Å²) in [6.07, 6.45) is 2.46. The highest BCUT2D eigenvalue weighted by molar-refractivity contribution is 6.33. The monoisotopic (exact) mass is 241 g/mol. The number of aryl methyl sites for hydroxylation is 1. The number of rotatable bonds is 3. The van der Waals surface area contributed by atoms with Crippen molar-refractivity contribution in [3.8, 4) is 11.5 Å². The summed E-state index contributed by atoms with van der Waals surface area (Å²) in [7, 11) is 0. The Labute approximate surface area is 100 Å². The summed E-state index contributed by atoms with van der Waals surface area (Å²) in [5.74, 6) is 0.994. The molecule has 0 amide bonds. The lowest BCUT2D eigenvalue weighted by Gasteiger charge is -2.09. The molecule has 0 radical (unpaired) electrons. The zero-order valence-corrected chi connectivity index (χ0v) is 10.0. The van der Waals surface area contributed by atoms with Gasteiger partial charge in [-0.2, -0.15) is 0 Å². The van der Waals surface area contributed by atoms with Crippen molar-refractivity contribution in [3.63, 3.8) is 0 Å². The van der Waals surface area contributed by atoms with Gasteiger partial charge in [-0.1, -0.05) is 11.6 Å². The van der Waals surface area contributed by atoms with E-state index < -0.39 is 0 Å². The molecule has 16 heavy (non-hydrogen) atoms. The standard InChI is InChI=1S/C12H16ClNO2/c1-7-5-9-10(16-7)6-8(3-2-4-14)12(15)11(9)13/h6-7,15H,2-5,14H2,1H3. The zero-order valence-electron chi connectivity index (χ0n) is 9.29. The Kier molecular flexibility index (Phi) is 3.26. The highest BCUT2D eigenvalue weighted by atomic mass is 35.5. The maximum atomic E-state index is 9.95. The smallest absolute Gasteiger partial charge is 0.137 e. The van der Waals surface area contributed by atoms with Crippen LogP contribution < -0.4 is 10.5 Å². The Morgan fingerprint density at radius 1 is 1.62 bits per heavy atom. The second-order valence-corrected chi connectivity index (χ2v) is 4.58. The summed E-state index contributed by atoms with van der Waals surface area (Å²) in [4.78, 5) is 0. The molecule has 88 valence electrons. The molecule has 1 atom stereocenters. The van der Waals surface area contributed by atoms with Crippen LogP contribution in [0.5, 0.6) is 11.5 Å². The summed E-state index contributed by atoms with van der Waals surface area (Å²) in [5.41, 5.74) is 7.20. The minimum atomic E-state index is 0.136. The van der Waals surface area contributed by atoms with Crippen molar-refractivity contribution in [1.82, 2.24) is 0 Å². The Hall–Kier alpha value is -0.930.